The van der Waals surface area contributed by atoms with Crippen LogP contribution in [0.25, 0.3) is 0 Å². The highest BCUT2D eigenvalue weighted by atomic mass is 79.9. The molecule has 1 unspecified atom stereocenters. The summed E-state index contributed by atoms with van der Waals surface area (Å²) in [7, 11) is 0. The van der Waals surface area contributed by atoms with Gasteiger partial charge in [0.05, 0.1) is 0 Å². The van der Waals surface area contributed by atoms with Gasteiger partial charge in [-0.25, -0.2) is 0 Å². The Labute approximate surface area is 141 Å². The summed E-state index contributed by atoms with van der Waals surface area (Å²) < 4.78 is 0. The van der Waals surface area contributed by atoms with Gasteiger partial charge in [-0.3, -0.25) is 4.90 Å². The van der Waals surface area contributed by atoms with Crippen LogP contribution < -0.4 is 0 Å². The Kier molecular flexibility index (Phi) is 7.06. The first kappa shape index (κ1) is 17.8. The topological polar surface area (TPSA) is 3.24 Å². The minimum Gasteiger partial charge on any atom is -0.297 e. The van der Waals surface area contributed by atoms with Gasteiger partial charge in [-0.15, -0.1) is 0 Å². The van der Waals surface area contributed by atoms with Crippen molar-refractivity contribution in [2.45, 2.75) is 97.1 Å². The summed E-state index contributed by atoms with van der Waals surface area (Å²) in [6.07, 6.45) is 14.6. The molecule has 0 saturated heterocycles. The Morgan fingerprint density at radius 1 is 0.857 bits per heavy atom. The van der Waals surface area contributed by atoms with Crippen LogP contribution in [0.1, 0.15) is 85.0 Å². The lowest BCUT2D eigenvalue weighted by Gasteiger charge is -2.45. The van der Waals surface area contributed by atoms with Gasteiger partial charge in [0.25, 0.3) is 0 Å². The van der Waals surface area contributed by atoms with Crippen molar-refractivity contribution in [1.82, 2.24) is 4.90 Å². The molecule has 0 aromatic carbocycles. The minimum atomic E-state index is 0.408. The molecule has 2 fully saturated rings. The summed E-state index contributed by atoms with van der Waals surface area (Å²) in [5, 5.41) is 1.15. The molecule has 0 aliphatic heterocycles. The molecule has 124 valence electrons. The molecular weight excluding hydrogens is 322 g/mol. The molecule has 0 heterocycles. The van der Waals surface area contributed by atoms with E-state index in [1.165, 1.54) is 70.8 Å². The summed E-state index contributed by atoms with van der Waals surface area (Å²) in [6.45, 7) is 8.56. The van der Waals surface area contributed by atoms with E-state index in [4.69, 9.17) is 0 Å². The predicted octanol–water partition coefficient (Wildman–Crippen LogP) is 6.01. The van der Waals surface area contributed by atoms with Crippen LogP contribution in [-0.2, 0) is 0 Å². The predicted molar refractivity (Wildman–Crippen MR) is 97.2 cm³/mol. The van der Waals surface area contributed by atoms with E-state index in [0.29, 0.717) is 5.41 Å². The van der Waals surface area contributed by atoms with Gasteiger partial charge in [-0.05, 0) is 37.0 Å². The Hall–Kier alpha value is 0.440. The summed E-state index contributed by atoms with van der Waals surface area (Å²) in [5.74, 6) is 0.765. The smallest absolute Gasteiger partial charge is 0.00983 e. The molecule has 0 spiro atoms. The molecule has 1 atom stereocenters. The van der Waals surface area contributed by atoms with Crippen molar-refractivity contribution in [3.8, 4) is 0 Å². The van der Waals surface area contributed by atoms with Crippen LogP contribution in [-0.4, -0.2) is 28.9 Å². The molecular formula is C19H36BrN. The second kappa shape index (κ2) is 8.34. The van der Waals surface area contributed by atoms with E-state index < -0.39 is 0 Å². The van der Waals surface area contributed by atoms with E-state index in [9.17, 15) is 0 Å². The van der Waals surface area contributed by atoms with Crippen molar-refractivity contribution in [1.29, 1.82) is 0 Å². The van der Waals surface area contributed by atoms with Gasteiger partial charge in [0.1, 0.15) is 0 Å². The van der Waals surface area contributed by atoms with Gasteiger partial charge in [0.15, 0.2) is 0 Å². The highest BCUT2D eigenvalue weighted by molar-refractivity contribution is 9.09. The number of rotatable bonds is 5. The second-order valence-electron chi connectivity index (χ2n) is 8.50. The summed E-state index contributed by atoms with van der Waals surface area (Å²) in [6, 6.07) is 1.76. The molecule has 0 amide bonds. The molecule has 2 heteroatoms. The van der Waals surface area contributed by atoms with Gasteiger partial charge in [0.2, 0.25) is 0 Å². The molecule has 0 bridgehead atoms. The van der Waals surface area contributed by atoms with Crippen molar-refractivity contribution >= 4 is 15.9 Å². The zero-order valence-electron chi connectivity index (χ0n) is 14.5. The molecule has 2 saturated carbocycles. The highest BCUT2D eigenvalue weighted by Gasteiger charge is 2.33. The number of hydrogen-bond donors (Lipinski definition) is 0. The van der Waals surface area contributed by atoms with Crippen molar-refractivity contribution in [3.63, 3.8) is 0 Å². The van der Waals surface area contributed by atoms with Crippen LogP contribution >= 0.6 is 15.9 Å². The van der Waals surface area contributed by atoms with Gasteiger partial charge in [0, 0.05) is 24.0 Å². The first-order valence-corrected chi connectivity index (χ1v) is 10.5. The molecule has 1 nitrogen and oxygen atoms in total. The maximum absolute atomic E-state index is 3.80. The number of nitrogens with zero attached hydrogens (tertiary/aromatic N) is 1. The third-order valence-electron chi connectivity index (χ3n) is 5.93. The summed E-state index contributed by atoms with van der Waals surface area (Å²) >= 11 is 3.80. The maximum Gasteiger partial charge on any atom is 0.00983 e. The summed E-state index contributed by atoms with van der Waals surface area (Å²) in [4.78, 5) is 2.97. The van der Waals surface area contributed by atoms with Gasteiger partial charge in [-0.2, -0.15) is 0 Å². The molecule has 2 rings (SSSR count). The standard InChI is InChI=1S/C19H36BrN/c1-19(2,3)16(14-20)15-21(17-10-6-4-7-11-17)18-12-8-5-9-13-18/h16-18H,4-15H2,1-3H3. The average molecular weight is 358 g/mol. The fourth-order valence-corrected chi connectivity index (χ4v) is 5.41. The lowest BCUT2D eigenvalue weighted by atomic mass is 9.80. The van der Waals surface area contributed by atoms with E-state index in [0.717, 1.165) is 23.3 Å². The van der Waals surface area contributed by atoms with E-state index >= 15 is 0 Å². The molecule has 0 radical (unpaired) electrons. The van der Waals surface area contributed by atoms with E-state index in [1.807, 2.05) is 0 Å². The first-order chi connectivity index (χ1) is 10.0. The molecule has 0 aromatic heterocycles. The van der Waals surface area contributed by atoms with Crippen LogP contribution in [0.2, 0.25) is 0 Å². The van der Waals surface area contributed by atoms with Gasteiger partial charge in [-0.1, -0.05) is 75.2 Å². The Morgan fingerprint density at radius 3 is 1.62 bits per heavy atom. The fourth-order valence-electron chi connectivity index (χ4n) is 4.23. The number of hydrogen-bond acceptors (Lipinski definition) is 1. The van der Waals surface area contributed by atoms with Crippen molar-refractivity contribution < 1.29 is 0 Å². The Bertz CT molecular complexity index is 266. The Balaban J connectivity index is 2.06. The minimum absolute atomic E-state index is 0.408. The van der Waals surface area contributed by atoms with Crippen LogP contribution in [0.15, 0.2) is 0 Å². The third-order valence-corrected chi connectivity index (χ3v) is 6.71. The van der Waals surface area contributed by atoms with Crippen LogP contribution in [0.4, 0.5) is 0 Å². The lowest BCUT2D eigenvalue weighted by molar-refractivity contribution is 0.0473. The van der Waals surface area contributed by atoms with E-state index in [1.54, 1.807) is 0 Å². The molecule has 0 aromatic rings. The quantitative estimate of drug-likeness (QED) is 0.544. The van der Waals surface area contributed by atoms with Crippen LogP contribution in [0, 0.1) is 11.3 Å². The van der Waals surface area contributed by atoms with E-state index in [-0.39, 0.29) is 0 Å². The molecule has 2 aliphatic rings. The first-order valence-electron chi connectivity index (χ1n) is 9.34. The van der Waals surface area contributed by atoms with Crippen molar-refractivity contribution in [2.75, 3.05) is 11.9 Å². The van der Waals surface area contributed by atoms with Gasteiger partial charge >= 0.3 is 0 Å². The van der Waals surface area contributed by atoms with Crippen LogP contribution in [0.3, 0.4) is 0 Å². The largest absolute Gasteiger partial charge is 0.297 e. The SMILES string of the molecule is CC(C)(C)C(CBr)CN(C1CCCCC1)C1CCCCC1. The fraction of sp³-hybridized carbons (Fsp3) is 1.00. The zero-order valence-corrected chi connectivity index (χ0v) is 16.1. The average Bonchev–Trinajstić information content (AvgIpc) is 2.49. The number of alkyl halides is 1. The third kappa shape index (κ3) is 5.23. The summed E-state index contributed by atoms with van der Waals surface area (Å²) in [5.41, 5.74) is 0.408. The number of halogens is 1. The van der Waals surface area contributed by atoms with Crippen molar-refractivity contribution in [3.05, 3.63) is 0 Å². The van der Waals surface area contributed by atoms with Crippen molar-refractivity contribution in [2.24, 2.45) is 11.3 Å². The van der Waals surface area contributed by atoms with Gasteiger partial charge < -0.3 is 0 Å². The lowest BCUT2D eigenvalue weighted by Crippen LogP contribution is -2.49. The van der Waals surface area contributed by atoms with Crippen LogP contribution in [0.5, 0.6) is 0 Å². The second-order valence-corrected chi connectivity index (χ2v) is 9.15. The van der Waals surface area contributed by atoms with E-state index in [2.05, 4.69) is 41.6 Å². The maximum atomic E-state index is 3.80. The molecule has 0 N–H and O–H groups in total. The highest BCUT2D eigenvalue weighted by Crippen LogP contribution is 2.35. The zero-order chi connectivity index (χ0) is 15.3. The molecule has 21 heavy (non-hydrogen) atoms. The Morgan fingerprint density at radius 2 is 1.29 bits per heavy atom. The normalized spacial score (nSPS) is 24.4. The monoisotopic (exact) mass is 357 g/mol. The molecule has 2 aliphatic carbocycles.